The summed E-state index contributed by atoms with van der Waals surface area (Å²) < 4.78 is 18.5. The fourth-order valence-electron chi connectivity index (χ4n) is 6.12. The minimum Gasteiger partial charge on any atom is -0.504 e. The molecule has 0 aliphatic rings. The summed E-state index contributed by atoms with van der Waals surface area (Å²) in [5, 5.41) is 25.1. The molecule has 1 unspecified atom stereocenters. The summed E-state index contributed by atoms with van der Waals surface area (Å²) >= 11 is 0. The standard InChI is InChI=1S/C45H59NO5/c1-10-12-26-50-38-24-22-34(43(3,4)5)29-36(38)45(48,37-30-35(44(6,7)8)23-25-39(37)51-27-13-11-2)41(28-32-18-15-14-16-19-32)46-31-33-20-17-21-40(49-9)42(33)47/h14-25,29-31,41,47-48H,10-13,26-28H2,1-9H3. The van der Waals surface area contributed by atoms with Gasteiger partial charge in [0, 0.05) is 22.9 Å². The number of benzene rings is 4. The fraction of sp³-hybridized carbons (Fsp3) is 0.444. The number of aliphatic imine (C=N–C) groups is 1. The molecule has 6 nitrogen and oxygen atoms in total. The zero-order valence-electron chi connectivity index (χ0n) is 32.3. The molecule has 0 radical (unpaired) electrons. The van der Waals surface area contributed by atoms with Crippen LogP contribution in [0.15, 0.2) is 89.9 Å². The molecule has 0 heterocycles. The second kappa shape index (κ2) is 17.3. The van der Waals surface area contributed by atoms with E-state index in [0.717, 1.165) is 42.4 Å². The van der Waals surface area contributed by atoms with E-state index in [0.29, 0.717) is 53.6 Å². The molecule has 0 spiro atoms. The van der Waals surface area contributed by atoms with Crippen molar-refractivity contribution < 1.29 is 24.4 Å². The Morgan fingerprint density at radius 2 is 1.22 bits per heavy atom. The van der Waals surface area contributed by atoms with Crippen LogP contribution in [0.25, 0.3) is 0 Å². The van der Waals surface area contributed by atoms with E-state index in [1.54, 1.807) is 18.3 Å². The Morgan fingerprint density at radius 3 is 1.69 bits per heavy atom. The van der Waals surface area contributed by atoms with E-state index in [9.17, 15) is 10.2 Å². The molecule has 51 heavy (non-hydrogen) atoms. The summed E-state index contributed by atoms with van der Waals surface area (Å²) in [5.41, 5.74) is 2.71. The van der Waals surface area contributed by atoms with E-state index in [2.05, 4.69) is 91.8 Å². The number of ether oxygens (including phenoxy) is 3. The van der Waals surface area contributed by atoms with Crippen LogP contribution in [0.2, 0.25) is 0 Å². The summed E-state index contributed by atoms with van der Waals surface area (Å²) in [6.45, 7) is 18.4. The van der Waals surface area contributed by atoms with Gasteiger partial charge in [0.1, 0.15) is 17.1 Å². The Morgan fingerprint density at radius 1 is 0.686 bits per heavy atom. The third kappa shape index (κ3) is 9.74. The maximum Gasteiger partial charge on any atom is 0.166 e. The van der Waals surface area contributed by atoms with Crippen molar-refractivity contribution in [3.05, 3.63) is 118 Å². The van der Waals surface area contributed by atoms with E-state index in [1.165, 1.54) is 7.11 Å². The number of nitrogens with zero attached hydrogens (tertiary/aromatic N) is 1. The highest BCUT2D eigenvalue weighted by Gasteiger charge is 2.45. The van der Waals surface area contributed by atoms with Gasteiger partial charge in [-0.2, -0.15) is 0 Å². The lowest BCUT2D eigenvalue weighted by molar-refractivity contribution is 0.0460. The molecule has 0 fully saturated rings. The van der Waals surface area contributed by atoms with E-state index >= 15 is 0 Å². The lowest BCUT2D eigenvalue weighted by atomic mass is 9.73. The first-order chi connectivity index (χ1) is 24.2. The van der Waals surface area contributed by atoms with Gasteiger partial charge in [-0.05, 0) is 83.2 Å². The number of rotatable bonds is 16. The van der Waals surface area contributed by atoms with Crippen LogP contribution in [0, 0.1) is 0 Å². The van der Waals surface area contributed by atoms with Gasteiger partial charge in [0.15, 0.2) is 11.5 Å². The van der Waals surface area contributed by atoms with E-state index in [4.69, 9.17) is 19.2 Å². The van der Waals surface area contributed by atoms with Gasteiger partial charge in [-0.3, -0.25) is 4.99 Å². The Hall–Kier alpha value is -4.29. The maximum absolute atomic E-state index is 14.0. The number of hydrogen-bond acceptors (Lipinski definition) is 6. The number of phenolic OH excluding ortho intramolecular Hbond substituents is 1. The molecular weight excluding hydrogens is 634 g/mol. The molecule has 4 aromatic carbocycles. The number of phenols is 1. The van der Waals surface area contributed by atoms with Crippen LogP contribution in [-0.4, -0.2) is 42.8 Å². The summed E-state index contributed by atoms with van der Waals surface area (Å²) in [6.07, 6.45) is 5.75. The van der Waals surface area contributed by atoms with Crippen molar-refractivity contribution in [1.29, 1.82) is 0 Å². The van der Waals surface area contributed by atoms with E-state index in [1.807, 2.05) is 36.4 Å². The number of para-hydroxylation sites is 1. The molecule has 2 N–H and O–H groups in total. The Balaban J connectivity index is 2.14. The molecular formula is C45H59NO5. The molecule has 0 saturated carbocycles. The largest absolute Gasteiger partial charge is 0.504 e. The second-order valence-corrected chi connectivity index (χ2v) is 15.5. The highest BCUT2D eigenvalue weighted by Crippen LogP contribution is 2.47. The zero-order chi connectivity index (χ0) is 37.2. The molecule has 6 heteroatoms. The van der Waals surface area contributed by atoms with Gasteiger partial charge in [-0.1, -0.05) is 117 Å². The minimum absolute atomic E-state index is 0.0117. The molecule has 0 saturated heterocycles. The normalized spacial score (nSPS) is 13.0. The monoisotopic (exact) mass is 693 g/mol. The molecule has 4 rings (SSSR count). The first-order valence-corrected chi connectivity index (χ1v) is 18.4. The molecule has 4 aromatic rings. The third-order valence-corrected chi connectivity index (χ3v) is 9.42. The maximum atomic E-state index is 14.0. The van der Waals surface area contributed by atoms with Crippen molar-refractivity contribution in [2.75, 3.05) is 20.3 Å². The Kier molecular flexibility index (Phi) is 13.4. The molecule has 0 bridgehead atoms. The Labute approximate surface area is 306 Å². The van der Waals surface area contributed by atoms with Gasteiger partial charge in [0.2, 0.25) is 0 Å². The predicted molar refractivity (Wildman–Crippen MR) is 210 cm³/mol. The summed E-state index contributed by atoms with van der Waals surface area (Å²) in [4.78, 5) is 5.21. The third-order valence-electron chi connectivity index (χ3n) is 9.42. The van der Waals surface area contributed by atoms with E-state index in [-0.39, 0.29) is 16.6 Å². The fourth-order valence-corrected chi connectivity index (χ4v) is 6.12. The number of unbranched alkanes of at least 4 members (excludes halogenated alkanes) is 2. The van der Waals surface area contributed by atoms with Crippen LogP contribution < -0.4 is 14.2 Å². The van der Waals surface area contributed by atoms with Gasteiger partial charge >= 0.3 is 0 Å². The van der Waals surface area contributed by atoms with Crippen LogP contribution in [0.1, 0.15) is 114 Å². The first kappa shape index (κ1) is 39.5. The quantitative estimate of drug-likeness (QED) is 0.0902. The van der Waals surface area contributed by atoms with Crippen molar-refractivity contribution in [2.24, 2.45) is 4.99 Å². The predicted octanol–water partition coefficient (Wildman–Crippen LogP) is 10.3. The highest BCUT2D eigenvalue weighted by atomic mass is 16.5. The number of methoxy groups -OCH3 is 1. The number of hydrogen-bond donors (Lipinski definition) is 2. The smallest absolute Gasteiger partial charge is 0.166 e. The summed E-state index contributed by atoms with van der Waals surface area (Å²) in [7, 11) is 1.53. The van der Waals surface area contributed by atoms with Gasteiger partial charge in [-0.25, -0.2) is 0 Å². The molecule has 0 aliphatic heterocycles. The average Bonchev–Trinajstić information content (AvgIpc) is 3.10. The van der Waals surface area contributed by atoms with Crippen LogP contribution in [0.5, 0.6) is 23.0 Å². The lowest BCUT2D eigenvalue weighted by Gasteiger charge is -2.39. The van der Waals surface area contributed by atoms with Crippen LogP contribution in [0.4, 0.5) is 0 Å². The lowest BCUT2D eigenvalue weighted by Crippen LogP contribution is -2.42. The SMILES string of the molecule is CCCCOc1ccc(C(C)(C)C)cc1C(O)(c1cc(C(C)(C)C)ccc1OCCCC)C(Cc1ccccc1)N=Cc1cccc(OC)c1O. The average molecular weight is 694 g/mol. The number of aromatic hydroxyl groups is 1. The molecule has 274 valence electrons. The molecule has 1 atom stereocenters. The molecule has 0 aliphatic carbocycles. The minimum atomic E-state index is -1.74. The van der Waals surface area contributed by atoms with Gasteiger partial charge in [0.05, 0.1) is 26.4 Å². The van der Waals surface area contributed by atoms with Crippen LogP contribution in [-0.2, 0) is 22.9 Å². The van der Waals surface area contributed by atoms with Crippen molar-refractivity contribution >= 4 is 6.21 Å². The summed E-state index contributed by atoms with van der Waals surface area (Å²) in [5.74, 6) is 1.56. The van der Waals surface area contributed by atoms with Gasteiger partial charge in [0.25, 0.3) is 0 Å². The van der Waals surface area contributed by atoms with Crippen molar-refractivity contribution in [3.63, 3.8) is 0 Å². The zero-order valence-corrected chi connectivity index (χ0v) is 32.3. The van der Waals surface area contributed by atoms with Gasteiger partial charge in [-0.15, -0.1) is 0 Å². The van der Waals surface area contributed by atoms with Crippen molar-refractivity contribution in [3.8, 4) is 23.0 Å². The van der Waals surface area contributed by atoms with Gasteiger partial charge < -0.3 is 24.4 Å². The molecule has 0 aromatic heterocycles. The van der Waals surface area contributed by atoms with Crippen molar-refractivity contribution in [2.45, 2.75) is 110 Å². The number of aliphatic hydroxyl groups is 1. The molecule has 0 amide bonds. The Bertz CT molecular complexity index is 1660. The highest BCUT2D eigenvalue weighted by molar-refractivity contribution is 5.85. The first-order valence-electron chi connectivity index (χ1n) is 18.4. The van der Waals surface area contributed by atoms with Crippen LogP contribution in [0.3, 0.4) is 0 Å². The summed E-state index contributed by atoms with van der Waals surface area (Å²) in [6, 6.07) is 27.0. The van der Waals surface area contributed by atoms with E-state index < -0.39 is 11.6 Å². The topological polar surface area (TPSA) is 80.5 Å². The second-order valence-electron chi connectivity index (χ2n) is 15.5. The van der Waals surface area contributed by atoms with Crippen LogP contribution >= 0.6 is 0 Å². The van der Waals surface area contributed by atoms with Crippen molar-refractivity contribution in [1.82, 2.24) is 0 Å².